The number of benzene rings is 2. The van der Waals surface area contributed by atoms with Crippen LogP contribution in [0.1, 0.15) is 93.6 Å². The van der Waals surface area contributed by atoms with Crippen LogP contribution in [0.2, 0.25) is 0 Å². The first kappa shape index (κ1) is 37.8. The fraction of sp³-hybridized carbons (Fsp3) is 0.400. The molecule has 0 fully saturated rings. The molecule has 0 amide bonds. The van der Waals surface area contributed by atoms with Gasteiger partial charge in [-0.05, 0) is 49.3 Å². The number of furan rings is 1. The van der Waals surface area contributed by atoms with Gasteiger partial charge in [-0.3, -0.25) is 9.78 Å². The van der Waals surface area contributed by atoms with Crippen LogP contribution in [0, 0.1) is 16.9 Å². The maximum Gasteiger partial charge on any atom is 0.225 e. The number of carbonyl (C=O) groups is 1. The van der Waals surface area contributed by atoms with E-state index in [4.69, 9.17) is 4.42 Å². The van der Waals surface area contributed by atoms with E-state index < -0.39 is 0 Å². The molecule has 0 unspecified atom stereocenters. The summed E-state index contributed by atoms with van der Waals surface area (Å²) in [5.74, 6) is 0.286. The van der Waals surface area contributed by atoms with Gasteiger partial charge >= 0.3 is 0 Å². The van der Waals surface area contributed by atoms with Crippen LogP contribution >= 0.6 is 0 Å². The summed E-state index contributed by atoms with van der Waals surface area (Å²) in [4.78, 5) is 25.6. The van der Waals surface area contributed by atoms with Gasteiger partial charge in [-0.2, -0.15) is 0 Å². The largest absolute Gasteiger partial charge is 0.512 e. The van der Waals surface area contributed by atoms with Crippen molar-refractivity contribution in [1.29, 1.82) is 0 Å². The summed E-state index contributed by atoms with van der Waals surface area (Å²) in [5, 5.41) is 13.4. The number of rotatable bonds is 9. The summed E-state index contributed by atoms with van der Waals surface area (Å²) in [5.41, 5.74) is 4.88. The molecular formula is C40H48IrN3O3-. The van der Waals surface area contributed by atoms with Gasteiger partial charge in [-0.15, -0.1) is 29.1 Å². The van der Waals surface area contributed by atoms with Crippen LogP contribution in [0.15, 0.2) is 83.6 Å². The van der Waals surface area contributed by atoms with Crippen molar-refractivity contribution >= 4 is 27.7 Å². The Hall–Kier alpha value is -3.67. The minimum absolute atomic E-state index is 0. The van der Waals surface area contributed by atoms with Crippen LogP contribution in [0.25, 0.3) is 44.4 Å². The van der Waals surface area contributed by atoms with Gasteiger partial charge in [0.1, 0.15) is 12.1 Å². The summed E-state index contributed by atoms with van der Waals surface area (Å²) >= 11 is 0. The Kier molecular flexibility index (Phi) is 12.4. The number of allylic oxidation sites excluding steroid dienone is 2. The minimum Gasteiger partial charge on any atom is -0.512 e. The zero-order chi connectivity index (χ0) is 33.7. The Morgan fingerprint density at radius 3 is 2.13 bits per heavy atom. The molecule has 0 aliphatic heterocycles. The van der Waals surface area contributed by atoms with Crippen LogP contribution in [0.4, 0.5) is 0 Å². The Morgan fingerprint density at radius 1 is 0.851 bits per heavy atom. The van der Waals surface area contributed by atoms with E-state index in [2.05, 4.69) is 66.1 Å². The molecule has 1 radical (unpaired) electrons. The average Bonchev–Trinajstić information content (AvgIpc) is 3.55. The summed E-state index contributed by atoms with van der Waals surface area (Å²) < 4.78 is 5.34. The van der Waals surface area contributed by atoms with Gasteiger partial charge in [0.15, 0.2) is 5.78 Å². The maximum absolute atomic E-state index is 12.2. The van der Waals surface area contributed by atoms with Crippen LogP contribution < -0.4 is 0 Å². The average molecular weight is 811 g/mol. The van der Waals surface area contributed by atoms with Crippen LogP contribution in [0.3, 0.4) is 0 Å². The summed E-state index contributed by atoms with van der Waals surface area (Å²) in [6, 6.07) is 20.1. The normalized spacial score (nSPS) is 12.4. The standard InChI is InChI=1S/C25H20N3O.C15H28O2.Ir/c1-25(2,3)21-12-18(10-16-6-4-5-7-20(16)21)22-13-23(28-15-27-22)19-11-17-8-9-29-24(17)26-14-19;1-7-14(5,8-2)12(16)11-13(17)15(6,9-3)10-4;/h4-9,11-15H,1-3H3;11,16H,7-10H2,1-6H3;/q-1;;/b;12-11-;. The molecule has 1 N–H and O–H groups in total. The van der Waals surface area contributed by atoms with Crippen molar-refractivity contribution in [1.82, 2.24) is 15.0 Å². The molecule has 0 saturated heterocycles. The number of carbonyl (C=O) groups excluding carboxylic acids is 1. The number of aliphatic hydroxyl groups excluding tert-OH is 1. The molecule has 6 nitrogen and oxygen atoms in total. The first-order chi connectivity index (χ1) is 21.8. The van der Waals surface area contributed by atoms with Gasteiger partial charge in [0, 0.05) is 59.9 Å². The maximum atomic E-state index is 12.2. The summed E-state index contributed by atoms with van der Waals surface area (Å²) in [6.45, 7) is 18.8. The minimum atomic E-state index is -0.337. The van der Waals surface area contributed by atoms with Gasteiger partial charge in [0.05, 0.1) is 12.0 Å². The number of aromatic nitrogens is 3. The number of ketones is 1. The molecule has 0 aliphatic carbocycles. The van der Waals surface area contributed by atoms with Crippen molar-refractivity contribution in [2.45, 2.75) is 93.4 Å². The topological polar surface area (TPSA) is 89.1 Å². The fourth-order valence-corrected chi connectivity index (χ4v) is 5.33. The zero-order valence-corrected chi connectivity index (χ0v) is 31.6. The Bertz CT molecular complexity index is 1840. The van der Waals surface area contributed by atoms with Crippen molar-refractivity contribution < 1.29 is 34.4 Å². The quantitative estimate of drug-likeness (QED) is 0.0906. The van der Waals surface area contributed by atoms with Crippen LogP contribution in [-0.2, 0) is 30.3 Å². The molecule has 3 aromatic heterocycles. The van der Waals surface area contributed by atoms with Crippen molar-refractivity contribution in [3.05, 3.63) is 90.8 Å². The molecule has 0 spiro atoms. The van der Waals surface area contributed by atoms with E-state index in [-0.39, 0.29) is 47.9 Å². The molecular weight excluding hydrogens is 763 g/mol. The van der Waals surface area contributed by atoms with Crippen molar-refractivity contribution in [3.63, 3.8) is 0 Å². The number of pyridine rings is 1. The first-order valence-electron chi connectivity index (χ1n) is 16.4. The number of hydrogen-bond donors (Lipinski definition) is 1. The van der Waals surface area contributed by atoms with Gasteiger partial charge in [0.25, 0.3) is 0 Å². The molecule has 0 aliphatic rings. The van der Waals surface area contributed by atoms with Gasteiger partial charge < -0.3 is 9.52 Å². The molecule has 7 heteroatoms. The third-order valence-corrected chi connectivity index (χ3v) is 9.73. The monoisotopic (exact) mass is 811 g/mol. The smallest absolute Gasteiger partial charge is 0.225 e. The SMILES string of the molecule is CC(C)(C)c1cc(-c2cc(-c3cnc4occc4c3)ncn2)[c-]c2ccccc12.CCC(C)(CC)C(=O)/C=C(\O)C(C)(CC)CC.[Ir]. The van der Waals surface area contributed by atoms with Gasteiger partial charge in [-0.25, -0.2) is 9.97 Å². The third kappa shape index (κ3) is 8.44. The van der Waals surface area contributed by atoms with E-state index in [9.17, 15) is 9.90 Å². The molecule has 251 valence electrons. The van der Waals surface area contributed by atoms with Crippen molar-refractivity contribution in [2.24, 2.45) is 10.8 Å². The number of nitrogens with zero attached hydrogens (tertiary/aromatic N) is 3. The predicted octanol–water partition coefficient (Wildman–Crippen LogP) is 10.9. The van der Waals surface area contributed by atoms with Gasteiger partial charge in [0.2, 0.25) is 5.71 Å². The molecule has 0 atom stereocenters. The van der Waals surface area contributed by atoms with E-state index in [1.165, 1.54) is 17.0 Å². The molecule has 47 heavy (non-hydrogen) atoms. The zero-order valence-electron chi connectivity index (χ0n) is 29.2. The van der Waals surface area contributed by atoms with E-state index in [1.54, 1.807) is 18.8 Å². The molecule has 5 aromatic rings. The number of aliphatic hydroxyl groups is 1. The third-order valence-electron chi connectivity index (χ3n) is 9.73. The first-order valence-corrected chi connectivity index (χ1v) is 16.4. The Morgan fingerprint density at radius 2 is 1.49 bits per heavy atom. The van der Waals surface area contributed by atoms with E-state index in [0.717, 1.165) is 59.0 Å². The number of fused-ring (bicyclic) bond motifs is 2. The second-order valence-corrected chi connectivity index (χ2v) is 13.6. The Labute approximate surface area is 293 Å². The molecule has 3 heterocycles. The number of hydrogen-bond acceptors (Lipinski definition) is 6. The second-order valence-electron chi connectivity index (χ2n) is 13.6. The Balaban J connectivity index is 0.000000290. The van der Waals surface area contributed by atoms with Crippen molar-refractivity contribution in [3.8, 4) is 22.5 Å². The molecule has 0 saturated carbocycles. The predicted molar refractivity (Wildman–Crippen MR) is 189 cm³/mol. The van der Waals surface area contributed by atoms with E-state index in [1.807, 2.05) is 65.8 Å². The second kappa shape index (κ2) is 15.5. The van der Waals surface area contributed by atoms with Gasteiger partial charge in [-0.1, -0.05) is 91.5 Å². The summed E-state index contributed by atoms with van der Waals surface area (Å²) in [6.07, 6.45) is 9.78. The van der Waals surface area contributed by atoms with Crippen LogP contribution in [0.5, 0.6) is 0 Å². The van der Waals surface area contributed by atoms with E-state index >= 15 is 0 Å². The molecule has 5 rings (SSSR count). The fourth-order valence-electron chi connectivity index (χ4n) is 5.33. The molecule has 0 bridgehead atoms. The van der Waals surface area contributed by atoms with E-state index in [0.29, 0.717) is 5.71 Å². The van der Waals surface area contributed by atoms with Crippen molar-refractivity contribution in [2.75, 3.05) is 0 Å². The van der Waals surface area contributed by atoms with Crippen LogP contribution in [-0.4, -0.2) is 25.8 Å². The summed E-state index contributed by atoms with van der Waals surface area (Å²) in [7, 11) is 0. The molecule has 2 aromatic carbocycles.